The number of rotatable bonds is 7. The summed E-state index contributed by atoms with van der Waals surface area (Å²) in [4.78, 5) is 6.73. The first-order valence-electron chi connectivity index (χ1n) is 9.69. The van der Waals surface area contributed by atoms with Crippen molar-refractivity contribution in [1.29, 1.82) is 0 Å². The molecule has 0 bridgehead atoms. The number of nitrogens with zero attached hydrogens (tertiary/aromatic N) is 2. The molecule has 6 nitrogen and oxygen atoms in total. The van der Waals surface area contributed by atoms with Crippen molar-refractivity contribution >= 4 is 15.8 Å². The Hall–Kier alpha value is -1.60. The van der Waals surface area contributed by atoms with Gasteiger partial charge in [0.05, 0.1) is 16.6 Å². The Labute approximate surface area is 163 Å². The molecule has 1 aliphatic heterocycles. The van der Waals surface area contributed by atoms with Gasteiger partial charge in [-0.1, -0.05) is 30.3 Å². The number of sulfone groups is 1. The van der Waals surface area contributed by atoms with Gasteiger partial charge in [0.2, 0.25) is 0 Å². The van der Waals surface area contributed by atoms with Gasteiger partial charge in [0, 0.05) is 32.8 Å². The van der Waals surface area contributed by atoms with Crippen LogP contribution in [0.25, 0.3) is 0 Å². The van der Waals surface area contributed by atoms with Crippen LogP contribution in [-0.2, 0) is 14.6 Å². The highest BCUT2D eigenvalue weighted by Crippen LogP contribution is 2.23. The molecule has 7 heteroatoms. The summed E-state index contributed by atoms with van der Waals surface area (Å²) in [6.45, 7) is 10.6. The maximum absolute atomic E-state index is 12.2. The lowest BCUT2D eigenvalue weighted by Gasteiger charge is -2.39. The highest BCUT2D eigenvalue weighted by Gasteiger charge is 2.40. The number of nitrogens with one attached hydrogen (secondary N) is 1. The van der Waals surface area contributed by atoms with Crippen LogP contribution in [0.4, 0.5) is 0 Å². The molecule has 1 unspecified atom stereocenters. The van der Waals surface area contributed by atoms with Crippen molar-refractivity contribution in [1.82, 2.24) is 10.2 Å². The maximum atomic E-state index is 12.2. The number of hydrogen-bond donors (Lipinski definition) is 1. The minimum Gasteiger partial charge on any atom is -0.374 e. The van der Waals surface area contributed by atoms with Gasteiger partial charge in [-0.25, -0.2) is 8.42 Å². The minimum absolute atomic E-state index is 0.0662. The van der Waals surface area contributed by atoms with Crippen molar-refractivity contribution < 1.29 is 13.2 Å². The zero-order valence-corrected chi connectivity index (χ0v) is 17.8. The standard InChI is InChI=1S/C20H33N3O3S/c1-5-21-19(23-13-15-27(24,25)20(3,4)16-23)22-12-9-14-26-17(2)18-10-7-6-8-11-18/h6-8,10-11,17H,5,9,12-16H2,1-4H3,(H,21,22). The Bertz CT molecular complexity index is 717. The van der Waals surface area contributed by atoms with Crippen LogP contribution in [0.3, 0.4) is 0 Å². The molecule has 152 valence electrons. The first-order chi connectivity index (χ1) is 12.8. The summed E-state index contributed by atoms with van der Waals surface area (Å²) in [5.74, 6) is 0.957. The van der Waals surface area contributed by atoms with E-state index in [1.807, 2.05) is 25.1 Å². The van der Waals surface area contributed by atoms with Crippen LogP contribution in [0.2, 0.25) is 0 Å². The number of ether oxygens (including phenoxy) is 1. The van der Waals surface area contributed by atoms with Gasteiger partial charge in [-0.15, -0.1) is 0 Å². The molecule has 1 N–H and O–H groups in total. The molecule has 1 heterocycles. The third-order valence-corrected chi connectivity index (χ3v) is 7.41. The summed E-state index contributed by atoms with van der Waals surface area (Å²) in [7, 11) is -3.05. The lowest BCUT2D eigenvalue weighted by molar-refractivity contribution is 0.0651. The van der Waals surface area contributed by atoms with Gasteiger partial charge in [0.15, 0.2) is 15.8 Å². The predicted molar refractivity (Wildman–Crippen MR) is 111 cm³/mol. The minimum atomic E-state index is -3.05. The zero-order valence-electron chi connectivity index (χ0n) is 16.9. The molecule has 0 aliphatic carbocycles. The zero-order chi connectivity index (χ0) is 19.9. The number of benzene rings is 1. The molecule has 1 atom stereocenters. The van der Waals surface area contributed by atoms with Gasteiger partial charge in [-0.3, -0.25) is 4.99 Å². The van der Waals surface area contributed by atoms with E-state index in [-0.39, 0.29) is 11.9 Å². The molecule has 2 rings (SSSR count). The van der Waals surface area contributed by atoms with Crippen molar-refractivity contribution in [3.05, 3.63) is 35.9 Å². The second-order valence-corrected chi connectivity index (χ2v) is 10.3. The topological polar surface area (TPSA) is 71.0 Å². The third-order valence-electron chi connectivity index (χ3n) is 4.88. The fourth-order valence-corrected chi connectivity index (χ4v) is 4.45. The first-order valence-corrected chi connectivity index (χ1v) is 11.3. The van der Waals surface area contributed by atoms with Gasteiger partial charge < -0.3 is 15.0 Å². The molecular formula is C20H33N3O3S. The first kappa shape index (κ1) is 21.7. The summed E-state index contributed by atoms with van der Waals surface area (Å²) in [5.41, 5.74) is 1.17. The fourth-order valence-electron chi connectivity index (χ4n) is 3.08. The summed E-state index contributed by atoms with van der Waals surface area (Å²) < 4.78 is 29.6. The Morgan fingerprint density at radius 3 is 2.67 bits per heavy atom. The van der Waals surface area contributed by atoms with E-state index < -0.39 is 14.6 Å². The Kier molecular flexibility index (Phi) is 7.68. The van der Waals surface area contributed by atoms with E-state index in [4.69, 9.17) is 4.74 Å². The van der Waals surface area contributed by atoms with E-state index >= 15 is 0 Å². The average Bonchev–Trinajstić information content (AvgIpc) is 2.63. The van der Waals surface area contributed by atoms with Crippen LogP contribution in [0.1, 0.15) is 45.8 Å². The molecule has 0 spiro atoms. The average molecular weight is 396 g/mol. The van der Waals surface area contributed by atoms with E-state index in [0.29, 0.717) is 26.2 Å². The van der Waals surface area contributed by atoms with E-state index in [1.165, 1.54) is 5.56 Å². The van der Waals surface area contributed by atoms with Gasteiger partial charge in [-0.05, 0) is 39.7 Å². The molecule has 1 aromatic carbocycles. The van der Waals surface area contributed by atoms with Crippen molar-refractivity contribution in [2.75, 3.05) is 38.5 Å². The second kappa shape index (κ2) is 9.55. The van der Waals surface area contributed by atoms with Crippen LogP contribution < -0.4 is 5.32 Å². The smallest absolute Gasteiger partial charge is 0.193 e. The van der Waals surface area contributed by atoms with E-state index in [0.717, 1.165) is 18.9 Å². The Balaban J connectivity index is 1.85. The SMILES string of the molecule is CCNC(=NCCCOC(C)c1ccccc1)N1CCS(=O)(=O)C(C)(C)C1. The van der Waals surface area contributed by atoms with Gasteiger partial charge in [0.25, 0.3) is 0 Å². The quantitative estimate of drug-likeness (QED) is 0.437. The molecule has 1 aromatic rings. The summed E-state index contributed by atoms with van der Waals surface area (Å²) in [6.07, 6.45) is 0.887. The highest BCUT2D eigenvalue weighted by atomic mass is 32.2. The predicted octanol–water partition coefficient (Wildman–Crippen LogP) is 2.63. The van der Waals surface area contributed by atoms with Crippen LogP contribution in [-0.4, -0.2) is 62.6 Å². The number of aliphatic imine (C=N–C) groups is 1. The number of guanidine groups is 1. The fraction of sp³-hybridized carbons (Fsp3) is 0.650. The molecule has 1 fully saturated rings. The van der Waals surface area contributed by atoms with Crippen LogP contribution in [0, 0.1) is 0 Å². The Morgan fingerprint density at radius 2 is 2.04 bits per heavy atom. The molecule has 0 saturated carbocycles. The monoisotopic (exact) mass is 395 g/mol. The van der Waals surface area contributed by atoms with Crippen molar-refractivity contribution in [3.8, 4) is 0 Å². The summed E-state index contributed by atoms with van der Waals surface area (Å²) in [6, 6.07) is 10.2. The summed E-state index contributed by atoms with van der Waals surface area (Å²) >= 11 is 0. The molecular weight excluding hydrogens is 362 g/mol. The molecule has 1 saturated heterocycles. The van der Waals surface area contributed by atoms with Crippen molar-refractivity contribution in [3.63, 3.8) is 0 Å². The second-order valence-electron chi connectivity index (χ2n) is 7.51. The van der Waals surface area contributed by atoms with Crippen LogP contribution in [0.5, 0.6) is 0 Å². The maximum Gasteiger partial charge on any atom is 0.193 e. The molecule has 0 aromatic heterocycles. The lowest BCUT2D eigenvalue weighted by atomic mass is 10.1. The third kappa shape index (κ3) is 5.94. The highest BCUT2D eigenvalue weighted by molar-refractivity contribution is 7.92. The van der Waals surface area contributed by atoms with Gasteiger partial charge in [-0.2, -0.15) is 0 Å². The van der Waals surface area contributed by atoms with Crippen molar-refractivity contribution in [2.24, 2.45) is 4.99 Å². The van der Waals surface area contributed by atoms with Crippen LogP contribution in [0.15, 0.2) is 35.3 Å². The Morgan fingerprint density at radius 1 is 1.33 bits per heavy atom. The van der Waals surface area contributed by atoms with Crippen LogP contribution >= 0.6 is 0 Å². The molecule has 0 amide bonds. The number of hydrogen-bond acceptors (Lipinski definition) is 4. The van der Waals surface area contributed by atoms with Crippen molar-refractivity contribution in [2.45, 2.75) is 45.0 Å². The van der Waals surface area contributed by atoms with E-state index in [2.05, 4.69) is 34.3 Å². The van der Waals surface area contributed by atoms with Gasteiger partial charge in [0.1, 0.15) is 0 Å². The normalized spacial score (nSPS) is 20.3. The molecule has 0 radical (unpaired) electrons. The summed E-state index contributed by atoms with van der Waals surface area (Å²) in [5, 5.41) is 3.28. The van der Waals surface area contributed by atoms with E-state index in [1.54, 1.807) is 13.8 Å². The molecule has 1 aliphatic rings. The lowest BCUT2D eigenvalue weighted by Crippen LogP contribution is -2.57. The largest absolute Gasteiger partial charge is 0.374 e. The molecule has 27 heavy (non-hydrogen) atoms. The van der Waals surface area contributed by atoms with Gasteiger partial charge >= 0.3 is 0 Å². The van der Waals surface area contributed by atoms with E-state index in [9.17, 15) is 8.42 Å².